The van der Waals surface area contributed by atoms with Crippen LogP contribution in [0.3, 0.4) is 0 Å². The van der Waals surface area contributed by atoms with E-state index in [0.717, 1.165) is 5.56 Å². The summed E-state index contributed by atoms with van der Waals surface area (Å²) in [6, 6.07) is 3.56. The Balaban J connectivity index is 2.62. The third-order valence-corrected chi connectivity index (χ3v) is 2.10. The second-order valence-electron chi connectivity index (χ2n) is 3.08. The quantitative estimate of drug-likeness (QED) is 0.795. The summed E-state index contributed by atoms with van der Waals surface area (Å²) in [7, 11) is 1.70. The van der Waals surface area contributed by atoms with Crippen LogP contribution < -0.4 is 0 Å². The second-order valence-corrected chi connectivity index (χ2v) is 3.08. The van der Waals surface area contributed by atoms with Gasteiger partial charge in [-0.3, -0.25) is 9.67 Å². The highest BCUT2D eigenvalue weighted by atomic mass is 16.4. The van der Waals surface area contributed by atoms with E-state index in [0.29, 0.717) is 5.69 Å². The Morgan fingerprint density at radius 1 is 1.47 bits per heavy atom. The Labute approximate surface area is 86.0 Å². The predicted molar refractivity (Wildman–Crippen MR) is 53.4 cm³/mol. The fourth-order valence-electron chi connectivity index (χ4n) is 1.44. The van der Waals surface area contributed by atoms with Crippen LogP contribution in [0.25, 0.3) is 11.3 Å². The molecule has 0 radical (unpaired) electrons. The lowest BCUT2D eigenvalue weighted by molar-refractivity contribution is 0.0697. The summed E-state index contributed by atoms with van der Waals surface area (Å²) in [5, 5.41) is 12.9. The first-order chi connectivity index (χ1) is 7.20. The Bertz CT molecular complexity index is 491. The summed E-state index contributed by atoms with van der Waals surface area (Å²) in [5.74, 6) is -0.984. The molecule has 0 bridgehead atoms. The van der Waals surface area contributed by atoms with Gasteiger partial charge in [0.1, 0.15) is 5.56 Å². The average molecular weight is 203 g/mol. The third kappa shape index (κ3) is 1.59. The van der Waals surface area contributed by atoms with Crippen molar-refractivity contribution in [2.45, 2.75) is 0 Å². The lowest BCUT2D eigenvalue weighted by atomic mass is 10.1. The van der Waals surface area contributed by atoms with Crippen LogP contribution >= 0.6 is 0 Å². The molecule has 2 aromatic rings. The van der Waals surface area contributed by atoms with Crippen LogP contribution in [0.5, 0.6) is 0 Å². The largest absolute Gasteiger partial charge is 0.478 e. The first-order valence-electron chi connectivity index (χ1n) is 4.36. The van der Waals surface area contributed by atoms with Crippen LogP contribution in [0.15, 0.2) is 30.7 Å². The van der Waals surface area contributed by atoms with Gasteiger partial charge in [-0.2, -0.15) is 5.10 Å². The van der Waals surface area contributed by atoms with Crippen molar-refractivity contribution in [1.82, 2.24) is 14.8 Å². The van der Waals surface area contributed by atoms with Gasteiger partial charge < -0.3 is 5.11 Å². The number of hydrogen-bond acceptors (Lipinski definition) is 3. The molecular formula is C10H9N3O2. The minimum absolute atomic E-state index is 0.186. The molecule has 0 spiro atoms. The van der Waals surface area contributed by atoms with Crippen molar-refractivity contribution in [1.29, 1.82) is 0 Å². The number of carboxylic acids is 1. The molecule has 0 saturated carbocycles. The number of nitrogens with zero attached hydrogens (tertiary/aromatic N) is 3. The molecule has 2 rings (SSSR count). The van der Waals surface area contributed by atoms with Gasteiger partial charge in [0, 0.05) is 25.0 Å². The molecule has 0 atom stereocenters. The topological polar surface area (TPSA) is 68.0 Å². The van der Waals surface area contributed by atoms with Crippen molar-refractivity contribution < 1.29 is 9.90 Å². The minimum Gasteiger partial charge on any atom is -0.478 e. The van der Waals surface area contributed by atoms with Crippen molar-refractivity contribution in [3.05, 3.63) is 36.3 Å². The molecule has 2 aromatic heterocycles. The van der Waals surface area contributed by atoms with Gasteiger partial charge >= 0.3 is 5.97 Å². The number of pyridine rings is 1. The van der Waals surface area contributed by atoms with Gasteiger partial charge in [-0.1, -0.05) is 0 Å². The average Bonchev–Trinajstić information content (AvgIpc) is 2.61. The zero-order chi connectivity index (χ0) is 10.8. The number of rotatable bonds is 2. The van der Waals surface area contributed by atoms with Crippen molar-refractivity contribution in [3.63, 3.8) is 0 Å². The number of aryl methyl sites for hydroxylation is 1. The second kappa shape index (κ2) is 3.53. The number of aromatic nitrogens is 3. The van der Waals surface area contributed by atoms with Gasteiger partial charge in [0.25, 0.3) is 0 Å². The van der Waals surface area contributed by atoms with Gasteiger partial charge in [-0.05, 0) is 12.1 Å². The molecule has 0 saturated heterocycles. The summed E-state index contributed by atoms with van der Waals surface area (Å²) in [6.07, 6.45) is 4.59. The summed E-state index contributed by atoms with van der Waals surface area (Å²) >= 11 is 0. The van der Waals surface area contributed by atoms with Gasteiger partial charge in [-0.15, -0.1) is 0 Å². The summed E-state index contributed by atoms with van der Waals surface area (Å²) < 4.78 is 1.53. The summed E-state index contributed by atoms with van der Waals surface area (Å²) in [5.41, 5.74) is 1.50. The van der Waals surface area contributed by atoms with E-state index in [9.17, 15) is 4.79 Å². The lowest BCUT2D eigenvalue weighted by Gasteiger charge is -2.02. The van der Waals surface area contributed by atoms with Crippen LogP contribution in [0, 0.1) is 0 Å². The maximum Gasteiger partial charge on any atom is 0.339 e. The molecule has 76 valence electrons. The fourth-order valence-corrected chi connectivity index (χ4v) is 1.44. The molecule has 5 heteroatoms. The minimum atomic E-state index is -0.984. The van der Waals surface area contributed by atoms with E-state index in [-0.39, 0.29) is 5.56 Å². The van der Waals surface area contributed by atoms with E-state index < -0.39 is 5.97 Å². The molecule has 0 aliphatic heterocycles. The van der Waals surface area contributed by atoms with Crippen LogP contribution in [-0.2, 0) is 7.05 Å². The number of hydrogen-bond donors (Lipinski definition) is 1. The maximum atomic E-state index is 10.9. The monoisotopic (exact) mass is 203 g/mol. The van der Waals surface area contributed by atoms with Crippen molar-refractivity contribution in [2.75, 3.05) is 0 Å². The molecule has 0 aliphatic carbocycles. The molecule has 15 heavy (non-hydrogen) atoms. The van der Waals surface area contributed by atoms with Crippen LogP contribution in [0.2, 0.25) is 0 Å². The Hall–Kier alpha value is -2.17. The van der Waals surface area contributed by atoms with Gasteiger partial charge in [0.05, 0.1) is 11.9 Å². The molecule has 1 N–H and O–H groups in total. The van der Waals surface area contributed by atoms with Crippen molar-refractivity contribution >= 4 is 5.97 Å². The summed E-state index contributed by atoms with van der Waals surface area (Å²) in [4.78, 5) is 14.9. The molecule has 0 fully saturated rings. The van der Waals surface area contributed by atoms with E-state index in [1.54, 1.807) is 31.6 Å². The van der Waals surface area contributed by atoms with E-state index >= 15 is 0 Å². The summed E-state index contributed by atoms with van der Waals surface area (Å²) in [6.45, 7) is 0. The molecule has 0 aromatic carbocycles. The molecule has 2 heterocycles. The zero-order valence-electron chi connectivity index (χ0n) is 8.08. The van der Waals surface area contributed by atoms with Gasteiger partial charge in [-0.25, -0.2) is 4.79 Å². The van der Waals surface area contributed by atoms with Crippen LogP contribution in [0.4, 0.5) is 0 Å². The van der Waals surface area contributed by atoms with E-state index in [2.05, 4.69) is 10.1 Å². The molecular weight excluding hydrogens is 194 g/mol. The first-order valence-corrected chi connectivity index (χ1v) is 4.36. The first kappa shape index (κ1) is 9.39. The number of carboxylic acid groups (broad SMARTS) is 1. The molecule has 0 amide bonds. The highest BCUT2D eigenvalue weighted by Crippen LogP contribution is 2.21. The molecule has 5 nitrogen and oxygen atoms in total. The van der Waals surface area contributed by atoms with E-state index in [1.807, 2.05) is 0 Å². The van der Waals surface area contributed by atoms with Crippen molar-refractivity contribution in [2.24, 2.45) is 7.05 Å². The highest BCUT2D eigenvalue weighted by Gasteiger charge is 2.16. The standard InChI is InChI=1S/C10H9N3O2/c1-13-9(7-3-2-4-11-5-7)8(6-12-13)10(14)15/h2-6H,1H3,(H,14,15). The van der Waals surface area contributed by atoms with E-state index in [4.69, 9.17) is 5.11 Å². The SMILES string of the molecule is Cn1ncc(C(=O)O)c1-c1cccnc1. The third-order valence-electron chi connectivity index (χ3n) is 2.10. The maximum absolute atomic E-state index is 10.9. The fraction of sp³-hybridized carbons (Fsp3) is 0.100. The predicted octanol–water partition coefficient (Wildman–Crippen LogP) is 1.18. The van der Waals surface area contributed by atoms with Gasteiger partial charge in [0.2, 0.25) is 0 Å². The van der Waals surface area contributed by atoms with Crippen molar-refractivity contribution in [3.8, 4) is 11.3 Å². The van der Waals surface area contributed by atoms with Crippen LogP contribution in [0.1, 0.15) is 10.4 Å². The molecule has 0 unspecified atom stereocenters. The smallest absolute Gasteiger partial charge is 0.339 e. The zero-order valence-corrected chi connectivity index (χ0v) is 8.08. The Kier molecular flexibility index (Phi) is 2.21. The number of aromatic carboxylic acids is 1. The molecule has 0 aliphatic rings. The van der Waals surface area contributed by atoms with Gasteiger partial charge in [0.15, 0.2) is 0 Å². The van der Waals surface area contributed by atoms with E-state index in [1.165, 1.54) is 10.9 Å². The normalized spacial score (nSPS) is 10.2. The Morgan fingerprint density at radius 3 is 2.87 bits per heavy atom. The number of carbonyl (C=O) groups is 1. The highest BCUT2D eigenvalue weighted by molar-refractivity contribution is 5.94. The lowest BCUT2D eigenvalue weighted by Crippen LogP contribution is -2.00. The van der Waals surface area contributed by atoms with Crippen LogP contribution in [-0.4, -0.2) is 25.8 Å². The Morgan fingerprint density at radius 2 is 2.27 bits per heavy atom.